The summed E-state index contributed by atoms with van der Waals surface area (Å²) in [6.07, 6.45) is 0.702. The molecule has 0 amide bonds. The Bertz CT molecular complexity index is 323. The molecule has 1 aliphatic rings. The fourth-order valence-electron chi connectivity index (χ4n) is 1.67. The van der Waals surface area contributed by atoms with Crippen molar-refractivity contribution < 1.29 is 9.84 Å². The zero-order valence-electron chi connectivity index (χ0n) is 7.22. The maximum atomic E-state index is 8.91. The lowest BCUT2D eigenvalue weighted by Crippen LogP contribution is -1.98. The summed E-state index contributed by atoms with van der Waals surface area (Å²) in [7, 11) is 0. The first-order valence-corrected chi connectivity index (χ1v) is 5.10. The van der Waals surface area contributed by atoms with Crippen molar-refractivity contribution in [1.82, 2.24) is 0 Å². The van der Waals surface area contributed by atoms with Crippen LogP contribution < -0.4 is 0 Å². The van der Waals surface area contributed by atoms with Crippen LogP contribution in [0.5, 0.6) is 0 Å². The van der Waals surface area contributed by atoms with Gasteiger partial charge in [0.15, 0.2) is 0 Å². The molecule has 1 N–H and O–H groups in total. The third kappa shape index (κ3) is 1.64. The Morgan fingerprint density at radius 2 is 2.23 bits per heavy atom. The van der Waals surface area contributed by atoms with Crippen molar-refractivity contribution in [1.29, 1.82) is 0 Å². The minimum atomic E-state index is 0.190. The molecule has 1 heterocycles. The molecular formula is C10H11BrO2. The first-order chi connectivity index (χ1) is 6.33. The monoisotopic (exact) mass is 242 g/mol. The van der Waals surface area contributed by atoms with Crippen LogP contribution in [0.2, 0.25) is 0 Å². The van der Waals surface area contributed by atoms with E-state index in [1.165, 1.54) is 16.7 Å². The average molecular weight is 243 g/mol. The van der Waals surface area contributed by atoms with Gasteiger partial charge in [-0.3, -0.25) is 0 Å². The highest BCUT2D eigenvalue weighted by Crippen LogP contribution is 2.29. The quantitative estimate of drug-likeness (QED) is 0.860. The van der Waals surface area contributed by atoms with E-state index in [4.69, 9.17) is 9.84 Å². The Morgan fingerprint density at radius 3 is 3.00 bits per heavy atom. The van der Waals surface area contributed by atoms with E-state index in [0.29, 0.717) is 19.6 Å². The van der Waals surface area contributed by atoms with Crippen molar-refractivity contribution in [3.63, 3.8) is 0 Å². The summed E-state index contributed by atoms with van der Waals surface area (Å²) in [5.41, 5.74) is 3.70. The van der Waals surface area contributed by atoms with Crippen LogP contribution in [0.3, 0.4) is 0 Å². The molecule has 13 heavy (non-hydrogen) atoms. The molecule has 0 saturated heterocycles. The Kier molecular flexibility index (Phi) is 2.67. The number of fused-ring (bicyclic) bond motifs is 1. The summed E-state index contributed by atoms with van der Waals surface area (Å²) in [6.45, 7) is 1.58. The number of rotatable bonds is 2. The van der Waals surface area contributed by atoms with Gasteiger partial charge in [-0.05, 0) is 29.2 Å². The molecule has 1 aromatic carbocycles. The van der Waals surface area contributed by atoms with Gasteiger partial charge in [-0.1, -0.05) is 22.0 Å². The topological polar surface area (TPSA) is 29.5 Å². The summed E-state index contributed by atoms with van der Waals surface area (Å²) in [4.78, 5) is 0. The summed E-state index contributed by atoms with van der Waals surface area (Å²) in [6, 6.07) is 4.10. The highest BCUT2D eigenvalue weighted by Gasteiger charge is 2.16. The SMILES string of the molecule is OCCc1c(Br)ccc2c1COC2. The molecule has 2 rings (SSSR count). The van der Waals surface area contributed by atoms with Crippen LogP contribution in [0.1, 0.15) is 16.7 Å². The molecule has 0 aromatic heterocycles. The smallest absolute Gasteiger partial charge is 0.0728 e. The van der Waals surface area contributed by atoms with E-state index in [1.807, 2.05) is 6.07 Å². The molecule has 0 radical (unpaired) electrons. The molecule has 0 saturated carbocycles. The number of benzene rings is 1. The van der Waals surface area contributed by atoms with Crippen molar-refractivity contribution >= 4 is 15.9 Å². The fraction of sp³-hybridized carbons (Fsp3) is 0.400. The molecule has 1 aliphatic heterocycles. The number of halogens is 1. The van der Waals surface area contributed by atoms with Crippen molar-refractivity contribution in [2.24, 2.45) is 0 Å². The number of hydrogen-bond acceptors (Lipinski definition) is 2. The first-order valence-electron chi connectivity index (χ1n) is 4.30. The molecule has 0 aliphatic carbocycles. The summed E-state index contributed by atoms with van der Waals surface area (Å²) in [5, 5.41) is 8.91. The van der Waals surface area contributed by atoms with Crippen LogP contribution in [0.15, 0.2) is 16.6 Å². The minimum absolute atomic E-state index is 0.190. The predicted octanol–water partition coefficient (Wildman–Crippen LogP) is 2.01. The summed E-state index contributed by atoms with van der Waals surface area (Å²) >= 11 is 3.48. The van der Waals surface area contributed by atoms with E-state index in [-0.39, 0.29) is 6.61 Å². The minimum Gasteiger partial charge on any atom is -0.396 e. The molecule has 0 fully saturated rings. The molecule has 0 spiro atoms. The van der Waals surface area contributed by atoms with Crippen molar-refractivity contribution in [3.05, 3.63) is 33.3 Å². The van der Waals surface area contributed by atoms with E-state index in [9.17, 15) is 0 Å². The Labute approximate surface area is 85.7 Å². The largest absolute Gasteiger partial charge is 0.396 e. The molecule has 70 valence electrons. The number of hydrogen-bond donors (Lipinski definition) is 1. The van der Waals surface area contributed by atoms with Crippen LogP contribution >= 0.6 is 15.9 Å². The molecule has 3 heteroatoms. The number of ether oxygens (including phenoxy) is 1. The van der Waals surface area contributed by atoms with Gasteiger partial charge >= 0.3 is 0 Å². The van der Waals surface area contributed by atoms with Gasteiger partial charge in [0.25, 0.3) is 0 Å². The van der Waals surface area contributed by atoms with E-state index < -0.39 is 0 Å². The van der Waals surface area contributed by atoms with Crippen LogP contribution in [-0.4, -0.2) is 11.7 Å². The zero-order valence-corrected chi connectivity index (χ0v) is 8.80. The predicted molar refractivity (Wildman–Crippen MR) is 53.4 cm³/mol. The lowest BCUT2D eigenvalue weighted by atomic mass is 10.0. The third-order valence-electron chi connectivity index (χ3n) is 2.34. The highest BCUT2D eigenvalue weighted by molar-refractivity contribution is 9.10. The van der Waals surface area contributed by atoms with Crippen molar-refractivity contribution in [2.75, 3.05) is 6.61 Å². The first kappa shape index (κ1) is 9.19. The zero-order chi connectivity index (χ0) is 9.26. The van der Waals surface area contributed by atoms with Gasteiger partial charge in [-0.15, -0.1) is 0 Å². The molecular weight excluding hydrogens is 232 g/mol. The Hall–Kier alpha value is -0.380. The summed E-state index contributed by atoms with van der Waals surface area (Å²) < 4.78 is 6.43. The van der Waals surface area contributed by atoms with Crippen molar-refractivity contribution in [2.45, 2.75) is 19.6 Å². The van der Waals surface area contributed by atoms with Gasteiger partial charge in [-0.25, -0.2) is 0 Å². The lowest BCUT2D eigenvalue weighted by molar-refractivity contribution is 0.134. The summed E-state index contributed by atoms with van der Waals surface area (Å²) in [5.74, 6) is 0. The molecule has 0 atom stereocenters. The van der Waals surface area contributed by atoms with Crippen LogP contribution in [0.4, 0.5) is 0 Å². The molecule has 1 aromatic rings. The molecule has 0 bridgehead atoms. The third-order valence-corrected chi connectivity index (χ3v) is 3.08. The Balaban J connectivity index is 2.45. The maximum absolute atomic E-state index is 8.91. The highest BCUT2D eigenvalue weighted by atomic mass is 79.9. The van der Waals surface area contributed by atoms with Crippen LogP contribution in [-0.2, 0) is 24.4 Å². The van der Waals surface area contributed by atoms with Gasteiger partial charge < -0.3 is 9.84 Å². The van der Waals surface area contributed by atoms with Gasteiger partial charge in [-0.2, -0.15) is 0 Å². The second-order valence-corrected chi connectivity index (χ2v) is 3.98. The van der Waals surface area contributed by atoms with Crippen LogP contribution in [0, 0.1) is 0 Å². The van der Waals surface area contributed by atoms with E-state index in [0.717, 1.165) is 4.47 Å². The van der Waals surface area contributed by atoms with Gasteiger partial charge in [0.05, 0.1) is 13.2 Å². The standard InChI is InChI=1S/C10H11BrO2/c11-10-2-1-7-5-13-6-9(7)8(10)3-4-12/h1-2,12H,3-6H2. The van der Waals surface area contributed by atoms with Gasteiger partial charge in [0.1, 0.15) is 0 Å². The van der Waals surface area contributed by atoms with Gasteiger partial charge in [0.2, 0.25) is 0 Å². The fourth-order valence-corrected chi connectivity index (χ4v) is 2.24. The number of aliphatic hydroxyl groups is 1. The molecule has 2 nitrogen and oxygen atoms in total. The van der Waals surface area contributed by atoms with E-state index in [2.05, 4.69) is 22.0 Å². The van der Waals surface area contributed by atoms with E-state index >= 15 is 0 Å². The molecule has 0 unspecified atom stereocenters. The van der Waals surface area contributed by atoms with E-state index in [1.54, 1.807) is 0 Å². The number of aliphatic hydroxyl groups excluding tert-OH is 1. The second-order valence-electron chi connectivity index (χ2n) is 3.13. The normalized spacial score (nSPS) is 14.6. The Morgan fingerprint density at radius 1 is 1.38 bits per heavy atom. The average Bonchev–Trinajstić information content (AvgIpc) is 2.58. The van der Waals surface area contributed by atoms with Crippen LogP contribution in [0.25, 0.3) is 0 Å². The van der Waals surface area contributed by atoms with Crippen molar-refractivity contribution in [3.8, 4) is 0 Å². The van der Waals surface area contributed by atoms with Gasteiger partial charge in [0, 0.05) is 11.1 Å². The second kappa shape index (κ2) is 3.78. The maximum Gasteiger partial charge on any atom is 0.0728 e. The lowest BCUT2D eigenvalue weighted by Gasteiger charge is -2.07.